The third kappa shape index (κ3) is 4.34. The van der Waals surface area contributed by atoms with E-state index >= 15 is 0 Å². The van der Waals surface area contributed by atoms with Gasteiger partial charge in [0.25, 0.3) is 0 Å². The Kier molecular flexibility index (Phi) is 6.78. The van der Waals surface area contributed by atoms with E-state index in [1.807, 2.05) is 0 Å². The largest absolute Gasteiger partial charge is 0.458 e. The van der Waals surface area contributed by atoms with E-state index in [4.69, 9.17) is 13.9 Å². The Hall–Kier alpha value is -2.06. The summed E-state index contributed by atoms with van der Waals surface area (Å²) in [5, 5.41) is 0. The molecule has 0 aromatic rings. The number of carbonyl (C=O) groups is 4. The molecule has 0 N–H and O–H groups in total. The lowest BCUT2D eigenvalue weighted by atomic mass is 9.46. The van der Waals surface area contributed by atoms with Crippen LogP contribution in [0.5, 0.6) is 0 Å². The van der Waals surface area contributed by atoms with E-state index in [0.29, 0.717) is 12.8 Å². The molecule has 0 aliphatic heterocycles. The molecule has 4 aliphatic carbocycles. The number of hydrogen-bond acceptors (Lipinski definition) is 7. The zero-order chi connectivity index (χ0) is 26.7. The molecule has 7 atom stereocenters. The third-order valence-corrected chi connectivity index (χ3v) is 10.3. The zero-order valence-electron chi connectivity index (χ0n) is 22.6. The average Bonchev–Trinajstić information content (AvgIpc) is 3.03. The van der Waals surface area contributed by atoms with E-state index in [0.717, 1.165) is 19.3 Å². The summed E-state index contributed by atoms with van der Waals surface area (Å²) < 4.78 is 18.0. The van der Waals surface area contributed by atoms with Gasteiger partial charge in [0.15, 0.2) is 26.3 Å². The molecule has 0 heterocycles. The molecular formula is C28H40O7Si. The maximum Gasteiger partial charge on any atom is 0.303 e. The highest BCUT2D eigenvalue weighted by molar-refractivity contribution is 6.69. The summed E-state index contributed by atoms with van der Waals surface area (Å²) in [5.41, 5.74) is -1.15. The van der Waals surface area contributed by atoms with Gasteiger partial charge in [-0.2, -0.15) is 0 Å². The number of Topliss-reactive ketones (excluding diaryl/α,β-unsaturated/α-hetero) is 1. The van der Waals surface area contributed by atoms with Crippen LogP contribution in [0.4, 0.5) is 0 Å². The summed E-state index contributed by atoms with van der Waals surface area (Å²) in [6, 6.07) is 0. The standard InChI is InChI=1S/C28H40O7Si/c1-17(29)33-16-24(32)28(34-18(2)30)13-11-22-21-9-8-19-14-20(31)10-12-26(19,3)25(21)23(15-27(22,28)4)35-36(5,6)7/h10,12,14,21-23,25H,8-9,11,13,15-16H2,1-7H3/t21-,22-,23?,25+,26-,27-,28-/m0/s1. The predicted octanol–water partition coefficient (Wildman–Crippen LogP) is 4.56. The quantitative estimate of drug-likeness (QED) is 0.377. The molecular weight excluding hydrogens is 476 g/mol. The Morgan fingerprint density at radius 3 is 2.39 bits per heavy atom. The molecule has 0 saturated heterocycles. The van der Waals surface area contributed by atoms with Crippen molar-refractivity contribution >= 4 is 31.8 Å². The van der Waals surface area contributed by atoms with Crippen LogP contribution in [0.15, 0.2) is 23.8 Å². The molecule has 0 amide bonds. The van der Waals surface area contributed by atoms with E-state index in [1.54, 1.807) is 12.2 Å². The summed E-state index contributed by atoms with van der Waals surface area (Å²) in [7, 11) is -2.01. The minimum Gasteiger partial charge on any atom is -0.458 e. The number of ether oxygens (including phenoxy) is 2. The van der Waals surface area contributed by atoms with E-state index in [9.17, 15) is 19.2 Å². The number of ketones is 2. The van der Waals surface area contributed by atoms with Crippen LogP contribution in [0.25, 0.3) is 0 Å². The summed E-state index contributed by atoms with van der Waals surface area (Å²) in [6.07, 6.45) is 8.83. The van der Waals surface area contributed by atoms with Crippen LogP contribution >= 0.6 is 0 Å². The van der Waals surface area contributed by atoms with Crippen molar-refractivity contribution < 1.29 is 33.1 Å². The highest BCUT2D eigenvalue weighted by Crippen LogP contribution is 2.68. The molecule has 3 fully saturated rings. The van der Waals surface area contributed by atoms with Crippen molar-refractivity contribution in [3.63, 3.8) is 0 Å². The first-order valence-electron chi connectivity index (χ1n) is 13.1. The van der Waals surface area contributed by atoms with Crippen molar-refractivity contribution in [1.29, 1.82) is 0 Å². The highest BCUT2D eigenvalue weighted by Gasteiger charge is 2.70. The Morgan fingerprint density at radius 1 is 1.08 bits per heavy atom. The van der Waals surface area contributed by atoms with Crippen LogP contribution in [0.1, 0.15) is 59.8 Å². The van der Waals surface area contributed by atoms with Crippen molar-refractivity contribution in [3.8, 4) is 0 Å². The molecule has 4 aliphatic rings. The average molecular weight is 517 g/mol. The number of fused-ring (bicyclic) bond motifs is 5. The molecule has 4 rings (SSSR count). The van der Waals surface area contributed by atoms with E-state index in [1.165, 1.54) is 19.4 Å². The van der Waals surface area contributed by atoms with Crippen molar-refractivity contribution in [1.82, 2.24) is 0 Å². The SMILES string of the molecule is CC(=O)OCC(=O)[C@@]1(OC(C)=O)CC[C@H]2[C@@H]3CCC4=CC(=O)C=C[C@]4(C)[C@H]3C(O[Si](C)(C)C)C[C@@]21C. The van der Waals surface area contributed by atoms with E-state index in [2.05, 4.69) is 39.6 Å². The van der Waals surface area contributed by atoms with E-state index in [-0.39, 0.29) is 40.8 Å². The minimum atomic E-state index is -2.01. The van der Waals surface area contributed by atoms with Gasteiger partial charge < -0.3 is 13.9 Å². The van der Waals surface area contributed by atoms with Gasteiger partial charge in [0.2, 0.25) is 5.78 Å². The maximum absolute atomic E-state index is 13.7. The van der Waals surface area contributed by atoms with Crippen LogP contribution in [-0.2, 0) is 33.1 Å². The fourth-order valence-corrected chi connectivity index (χ4v) is 9.19. The number of allylic oxidation sites excluding steroid dienone is 4. The Morgan fingerprint density at radius 2 is 1.78 bits per heavy atom. The second-order valence-electron chi connectivity index (χ2n) is 12.6. The lowest BCUT2D eigenvalue weighted by Crippen LogP contribution is -2.64. The molecule has 0 bridgehead atoms. The zero-order valence-corrected chi connectivity index (χ0v) is 23.6. The fourth-order valence-electron chi connectivity index (χ4n) is 8.05. The van der Waals surface area contributed by atoms with Gasteiger partial charge in [-0.3, -0.25) is 19.2 Å². The number of carbonyl (C=O) groups excluding carboxylic acids is 4. The van der Waals surface area contributed by atoms with Gasteiger partial charge in [0, 0.05) is 30.8 Å². The molecule has 1 unspecified atom stereocenters. The second-order valence-corrected chi connectivity index (χ2v) is 17.0. The van der Waals surface area contributed by atoms with Crippen LogP contribution in [-0.4, -0.2) is 50.1 Å². The second kappa shape index (κ2) is 9.05. The molecule has 3 saturated carbocycles. The smallest absolute Gasteiger partial charge is 0.303 e. The first-order valence-corrected chi connectivity index (χ1v) is 16.5. The van der Waals surface area contributed by atoms with Crippen LogP contribution < -0.4 is 0 Å². The molecule has 0 radical (unpaired) electrons. The molecule has 8 heteroatoms. The van der Waals surface area contributed by atoms with Gasteiger partial charge in [-0.05, 0) is 81.7 Å². The molecule has 7 nitrogen and oxygen atoms in total. The highest BCUT2D eigenvalue weighted by atomic mass is 28.4. The van der Waals surface area contributed by atoms with Gasteiger partial charge >= 0.3 is 11.9 Å². The summed E-state index contributed by atoms with van der Waals surface area (Å²) in [6.45, 7) is 13.0. The van der Waals surface area contributed by atoms with Crippen molar-refractivity contribution in [2.24, 2.45) is 28.6 Å². The third-order valence-electron chi connectivity index (χ3n) is 9.27. The lowest BCUT2D eigenvalue weighted by molar-refractivity contribution is -0.198. The normalized spacial score (nSPS) is 39.4. The van der Waals surface area contributed by atoms with E-state index < -0.39 is 37.9 Å². The monoisotopic (exact) mass is 516 g/mol. The van der Waals surface area contributed by atoms with Crippen LogP contribution in [0, 0.1) is 28.6 Å². The maximum atomic E-state index is 13.7. The van der Waals surface area contributed by atoms with Gasteiger partial charge in [-0.1, -0.05) is 25.5 Å². The number of hydrogen-bond donors (Lipinski definition) is 0. The summed E-state index contributed by atoms with van der Waals surface area (Å²) >= 11 is 0. The first kappa shape index (κ1) is 27.0. The van der Waals surface area contributed by atoms with Crippen LogP contribution in [0.2, 0.25) is 19.6 Å². The Balaban J connectivity index is 1.81. The van der Waals surface area contributed by atoms with Crippen LogP contribution in [0.3, 0.4) is 0 Å². The summed E-state index contributed by atoms with van der Waals surface area (Å²) in [5.74, 6) is -0.833. The predicted molar refractivity (Wildman–Crippen MR) is 136 cm³/mol. The van der Waals surface area contributed by atoms with Gasteiger partial charge in [0.1, 0.15) is 0 Å². The molecule has 0 aromatic heterocycles. The van der Waals surface area contributed by atoms with Gasteiger partial charge in [-0.15, -0.1) is 0 Å². The van der Waals surface area contributed by atoms with Gasteiger partial charge in [-0.25, -0.2) is 0 Å². The molecule has 198 valence electrons. The molecule has 0 spiro atoms. The fraction of sp³-hybridized carbons (Fsp3) is 0.714. The van der Waals surface area contributed by atoms with Crippen molar-refractivity contribution in [3.05, 3.63) is 23.8 Å². The Bertz CT molecular complexity index is 1040. The Labute approximate surface area is 215 Å². The molecule has 36 heavy (non-hydrogen) atoms. The minimum absolute atomic E-state index is 0.0371. The van der Waals surface area contributed by atoms with Gasteiger partial charge in [0.05, 0.1) is 0 Å². The number of rotatable bonds is 6. The lowest BCUT2D eigenvalue weighted by Gasteiger charge is -2.61. The first-order chi connectivity index (χ1) is 16.6. The summed E-state index contributed by atoms with van der Waals surface area (Å²) in [4.78, 5) is 49.8. The van der Waals surface area contributed by atoms with Crippen molar-refractivity contribution in [2.75, 3.05) is 6.61 Å². The molecule has 0 aromatic carbocycles. The topological polar surface area (TPSA) is 96.0 Å². The number of esters is 2. The van der Waals surface area contributed by atoms with Crippen molar-refractivity contribution in [2.45, 2.75) is 91.1 Å².